The van der Waals surface area contributed by atoms with Crippen molar-refractivity contribution in [2.75, 3.05) is 32.8 Å². The Bertz CT molecular complexity index is 388. The van der Waals surface area contributed by atoms with Gasteiger partial charge >= 0.3 is 0 Å². The molecule has 0 aliphatic carbocycles. The Balaban J connectivity index is 0.00000200. The maximum Gasteiger partial charge on any atom is 0.120 e. The second kappa shape index (κ2) is 9.46. The fraction of sp³-hybridized carbons (Fsp3) is 0.600. The van der Waals surface area contributed by atoms with Crippen LogP contribution >= 0.6 is 24.0 Å². The maximum atomic E-state index is 5.92. The van der Waals surface area contributed by atoms with E-state index in [1.165, 1.54) is 19.4 Å². The van der Waals surface area contributed by atoms with E-state index in [0.29, 0.717) is 0 Å². The summed E-state index contributed by atoms with van der Waals surface area (Å²) in [7, 11) is 0. The van der Waals surface area contributed by atoms with Crippen LogP contribution in [0.3, 0.4) is 0 Å². The molecule has 3 nitrogen and oxygen atoms in total. The van der Waals surface area contributed by atoms with Gasteiger partial charge in [0.05, 0.1) is 0 Å². The molecule has 1 heterocycles. The van der Waals surface area contributed by atoms with Gasteiger partial charge in [-0.05, 0) is 56.5 Å². The summed E-state index contributed by atoms with van der Waals surface area (Å²) in [4.78, 5) is 2.48. The molecule has 1 saturated heterocycles. The molecule has 1 aromatic carbocycles. The van der Waals surface area contributed by atoms with E-state index in [0.717, 1.165) is 49.4 Å². The highest BCUT2D eigenvalue weighted by Gasteiger charge is 2.18. The van der Waals surface area contributed by atoms with Crippen molar-refractivity contribution in [2.24, 2.45) is 11.7 Å². The molecule has 0 amide bonds. The van der Waals surface area contributed by atoms with Crippen molar-refractivity contribution in [3.05, 3.63) is 29.3 Å². The number of likely N-dealkylation sites (tertiary alicyclic amines) is 1. The largest absolute Gasteiger partial charge is 0.492 e. The standard InChI is InChI=1S/C15H23ClN2O.ClH/c16-14-4-1-5-15(11-14)19-10-9-18-8-2-3-13(12-18)6-7-17;/h1,4-5,11,13H,2-3,6-10,12,17H2;1H. The molecular formula is C15H24Cl2N2O. The Hall–Kier alpha value is -0.480. The van der Waals surface area contributed by atoms with Gasteiger partial charge in [-0.25, -0.2) is 0 Å². The summed E-state index contributed by atoms with van der Waals surface area (Å²) in [5, 5.41) is 0.721. The van der Waals surface area contributed by atoms with Crippen LogP contribution in [0.25, 0.3) is 0 Å². The molecular weight excluding hydrogens is 295 g/mol. The van der Waals surface area contributed by atoms with Gasteiger partial charge in [0.25, 0.3) is 0 Å². The first-order chi connectivity index (χ1) is 9.28. The number of hydrogen-bond donors (Lipinski definition) is 1. The van der Waals surface area contributed by atoms with Gasteiger partial charge in [-0.1, -0.05) is 17.7 Å². The van der Waals surface area contributed by atoms with Crippen molar-refractivity contribution >= 4 is 24.0 Å². The normalized spacial score (nSPS) is 19.4. The summed E-state index contributed by atoms with van der Waals surface area (Å²) in [6.45, 7) is 4.84. The van der Waals surface area contributed by atoms with Gasteiger partial charge in [-0.2, -0.15) is 0 Å². The molecule has 114 valence electrons. The summed E-state index contributed by atoms with van der Waals surface area (Å²) < 4.78 is 5.73. The minimum absolute atomic E-state index is 0. The van der Waals surface area contributed by atoms with E-state index in [-0.39, 0.29) is 12.4 Å². The SMILES string of the molecule is Cl.NCCC1CCCN(CCOc2cccc(Cl)c2)C1. The van der Waals surface area contributed by atoms with Gasteiger partial charge in [0.2, 0.25) is 0 Å². The van der Waals surface area contributed by atoms with Gasteiger partial charge in [0.15, 0.2) is 0 Å². The summed E-state index contributed by atoms with van der Waals surface area (Å²) in [5.41, 5.74) is 5.64. The molecule has 0 bridgehead atoms. The molecule has 1 aromatic rings. The van der Waals surface area contributed by atoms with E-state index in [2.05, 4.69) is 4.90 Å². The molecule has 1 fully saturated rings. The van der Waals surface area contributed by atoms with E-state index >= 15 is 0 Å². The Morgan fingerprint density at radius 1 is 1.40 bits per heavy atom. The van der Waals surface area contributed by atoms with Gasteiger partial charge in [0.1, 0.15) is 12.4 Å². The van der Waals surface area contributed by atoms with Crippen molar-refractivity contribution in [2.45, 2.75) is 19.3 Å². The second-order valence-electron chi connectivity index (χ2n) is 5.19. The lowest BCUT2D eigenvalue weighted by Crippen LogP contribution is -2.38. The highest BCUT2D eigenvalue weighted by molar-refractivity contribution is 6.30. The van der Waals surface area contributed by atoms with E-state index in [4.69, 9.17) is 22.1 Å². The molecule has 0 spiro atoms. The number of halogens is 2. The monoisotopic (exact) mass is 318 g/mol. The molecule has 20 heavy (non-hydrogen) atoms. The van der Waals surface area contributed by atoms with Gasteiger partial charge in [-0.3, -0.25) is 4.90 Å². The van der Waals surface area contributed by atoms with Crippen LogP contribution in [0.4, 0.5) is 0 Å². The molecule has 0 radical (unpaired) electrons. The minimum Gasteiger partial charge on any atom is -0.492 e. The molecule has 0 aromatic heterocycles. The van der Waals surface area contributed by atoms with Crippen molar-refractivity contribution in [1.82, 2.24) is 4.90 Å². The van der Waals surface area contributed by atoms with Crippen LogP contribution < -0.4 is 10.5 Å². The first-order valence-electron chi connectivity index (χ1n) is 7.08. The number of ether oxygens (including phenoxy) is 1. The third kappa shape index (κ3) is 5.88. The first kappa shape index (κ1) is 17.6. The molecule has 0 saturated carbocycles. The zero-order valence-electron chi connectivity index (χ0n) is 11.8. The van der Waals surface area contributed by atoms with Crippen LogP contribution in [0.1, 0.15) is 19.3 Å². The van der Waals surface area contributed by atoms with Crippen molar-refractivity contribution in [1.29, 1.82) is 0 Å². The van der Waals surface area contributed by atoms with Gasteiger partial charge in [-0.15, -0.1) is 12.4 Å². The fourth-order valence-corrected chi connectivity index (χ4v) is 2.86. The number of nitrogens with zero attached hydrogens (tertiary/aromatic N) is 1. The lowest BCUT2D eigenvalue weighted by atomic mass is 9.95. The molecule has 1 aliphatic heterocycles. The third-order valence-corrected chi connectivity index (χ3v) is 3.89. The van der Waals surface area contributed by atoms with E-state index in [1.54, 1.807) is 0 Å². The lowest BCUT2D eigenvalue weighted by Gasteiger charge is -2.32. The van der Waals surface area contributed by atoms with Crippen LogP contribution in [0.5, 0.6) is 5.75 Å². The molecule has 5 heteroatoms. The van der Waals surface area contributed by atoms with E-state index in [1.807, 2.05) is 24.3 Å². The van der Waals surface area contributed by atoms with Crippen LogP contribution in [0.2, 0.25) is 5.02 Å². The third-order valence-electron chi connectivity index (χ3n) is 3.65. The highest BCUT2D eigenvalue weighted by atomic mass is 35.5. The number of piperidine rings is 1. The summed E-state index contributed by atoms with van der Waals surface area (Å²) in [6, 6.07) is 7.57. The molecule has 2 rings (SSSR count). The lowest BCUT2D eigenvalue weighted by molar-refractivity contribution is 0.144. The number of rotatable bonds is 6. The average Bonchev–Trinajstić information content (AvgIpc) is 2.40. The van der Waals surface area contributed by atoms with Crippen molar-refractivity contribution in [3.63, 3.8) is 0 Å². The molecule has 2 N–H and O–H groups in total. The first-order valence-corrected chi connectivity index (χ1v) is 7.46. The van der Waals surface area contributed by atoms with Crippen LogP contribution in [0, 0.1) is 5.92 Å². The fourth-order valence-electron chi connectivity index (χ4n) is 2.68. The van der Waals surface area contributed by atoms with Crippen molar-refractivity contribution in [3.8, 4) is 5.75 Å². The summed E-state index contributed by atoms with van der Waals surface area (Å²) in [6.07, 6.45) is 3.75. The predicted molar refractivity (Wildman–Crippen MR) is 87.0 cm³/mol. The van der Waals surface area contributed by atoms with Gasteiger partial charge in [0, 0.05) is 18.1 Å². The maximum absolute atomic E-state index is 5.92. The number of hydrogen-bond acceptors (Lipinski definition) is 3. The highest BCUT2D eigenvalue weighted by Crippen LogP contribution is 2.19. The molecule has 1 unspecified atom stereocenters. The summed E-state index contributed by atoms with van der Waals surface area (Å²) in [5.74, 6) is 1.62. The number of benzene rings is 1. The summed E-state index contributed by atoms with van der Waals surface area (Å²) >= 11 is 5.92. The zero-order chi connectivity index (χ0) is 13.5. The van der Waals surface area contributed by atoms with Crippen molar-refractivity contribution < 1.29 is 4.74 Å². The van der Waals surface area contributed by atoms with Crippen LogP contribution in [-0.4, -0.2) is 37.7 Å². The van der Waals surface area contributed by atoms with Crippen LogP contribution in [0.15, 0.2) is 24.3 Å². The second-order valence-corrected chi connectivity index (χ2v) is 5.63. The van der Waals surface area contributed by atoms with E-state index in [9.17, 15) is 0 Å². The molecule has 1 aliphatic rings. The topological polar surface area (TPSA) is 38.5 Å². The van der Waals surface area contributed by atoms with Crippen LogP contribution in [-0.2, 0) is 0 Å². The van der Waals surface area contributed by atoms with E-state index < -0.39 is 0 Å². The Morgan fingerprint density at radius 3 is 3.00 bits per heavy atom. The Morgan fingerprint density at radius 2 is 2.25 bits per heavy atom. The number of nitrogens with two attached hydrogens (primary N) is 1. The van der Waals surface area contributed by atoms with Gasteiger partial charge < -0.3 is 10.5 Å². The predicted octanol–water partition coefficient (Wildman–Crippen LogP) is 3.20. The Labute approximate surface area is 132 Å². The molecule has 1 atom stereocenters. The quantitative estimate of drug-likeness (QED) is 0.875. The average molecular weight is 319 g/mol. The smallest absolute Gasteiger partial charge is 0.120 e. The minimum atomic E-state index is 0. The zero-order valence-corrected chi connectivity index (χ0v) is 13.3. The Kier molecular flexibility index (Phi) is 8.31.